The molecule has 0 N–H and O–H groups in total. The van der Waals surface area contributed by atoms with E-state index in [2.05, 4.69) is 0 Å². The van der Waals surface area contributed by atoms with Crippen LogP contribution in [0.2, 0.25) is 0 Å². The first-order chi connectivity index (χ1) is 8.80. The highest BCUT2D eigenvalue weighted by atomic mass is 19.4. The van der Waals surface area contributed by atoms with Gasteiger partial charge in [-0.15, -0.1) is 0 Å². The highest BCUT2D eigenvalue weighted by molar-refractivity contribution is 5.34. The molecular weight excluding hydrogens is 261 g/mol. The first-order valence-corrected chi connectivity index (χ1v) is 5.79. The van der Waals surface area contributed by atoms with E-state index in [9.17, 15) is 23.3 Å². The SMILES string of the molecule is CN1C[C@H](c2ccccc2C(F)(F)F)[C@@H]([N+](=O)[O-])C1. The normalized spacial score (nSPS) is 24.6. The lowest BCUT2D eigenvalue weighted by atomic mass is 9.90. The van der Waals surface area contributed by atoms with Crippen molar-refractivity contribution in [3.05, 3.63) is 45.5 Å². The van der Waals surface area contributed by atoms with Gasteiger partial charge in [0.25, 0.3) is 0 Å². The highest BCUT2D eigenvalue weighted by Gasteiger charge is 2.44. The standard InChI is InChI=1S/C12H13F3N2O2/c1-16-6-9(11(7-16)17(18)19)8-4-2-3-5-10(8)12(13,14)15/h2-5,9,11H,6-7H2,1H3/t9-,11+/m1/s1. The zero-order chi connectivity index (χ0) is 14.2. The van der Waals surface area contributed by atoms with Crippen LogP contribution in [0.25, 0.3) is 0 Å². The second kappa shape index (κ2) is 4.80. The maximum Gasteiger partial charge on any atom is 0.416 e. The maximum atomic E-state index is 12.9. The largest absolute Gasteiger partial charge is 0.416 e. The van der Waals surface area contributed by atoms with Gasteiger partial charge in [-0.05, 0) is 18.7 Å². The van der Waals surface area contributed by atoms with Gasteiger partial charge in [-0.3, -0.25) is 15.0 Å². The minimum absolute atomic E-state index is 0.0149. The molecule has 0 aliphatic carbocycles. The van der Waals surface area contributed by atoms with E-state index in [-0.39, 0.29) is 18.7 Å². The fourth-order valence-corrected chi connectivity index (χ4v) is 2.58. The predicted octanol–water partition coefficient (Wildman–Crippen LogP) is 2.38. The molecule has 0 unspecified atom stereocenters. The highest BCUT2D eigenvalue weighted by Crippen LogP contribution is 2.38. The summed E-state index contributed by atoms with van der Waals surface area (Å²) in [5.74, 6) is -0.724. The van der Waals surface area contributed by atoms with Crippen LogP contribution in [0.5, 0.6) is 0 Å². The molecule has 19 heavy (non-hydrogen) atoms. The molecule has 0 bridgehead atoms. The number of hydrogen-bond acceptors (Lipinski definition) is 3. The summed E-state index contributed by atoms with van der Waals surface area (Å²) in [7, 11) is 1.67. The second-order valence-corrected chi connectivity index (χ2v) is 4.77. The second-order valence-electron chi connectivity index (χ2n) is 4.77. The summed E-state index contributed by atoms with van der Waals surface area (Å²) >= 11 is 0. The van der Waals surface area contributed by atoms with E-state index >= 15 is 0 Å². The van der Waals surface area contributed by atoms with Crippen molar-refractivity contribution in [3.8, 4) is 0 Å². The molecule has 0 radical (unpaired) electrons. The first kappa shape index (κ1) is 13.8. The molecule has 1 aromatic rings. The lowest BCUT2D eigenvalue weighted by Crippen LogP contribution is -2.28. The van der Waals surface area contributed by atoms with Crippen molar-refractivity contribution in [2.24, 2.45) is 0 Å². The van der Waals surface area contributed by atoms with Gasteiger partial charge in [-0.1, -0.05) is 18.2 Å². The molecule has 1 aliphatic rings. The van der Waals surface area contributed by atoms with Gasteiger partial charge >= 0.3 is 6.18 Å². The van der Waals surface area contributed by atoms with Gasteiger partial charge in [0.15, 0.2) is 0 Å². The fraction of sp³-hybridized carbons (Fsp3) is 0.500. The van der Waals surface area contributed by atoms with Gasteiger partial charge in [0, 0.05) is 11.5 Å². The predicted molar refractivity (Wildman–Crippen MR) is 62.5 cm³/mol. The Morgan fingerprint density at radius 2 is 1.95 bits per heavy atom. The maximum absolute atomic E-state index is 12.9. The van der Waals surface area contributed by atoms with Gasteiger partial charge in [-0.2, -0.15) is 13.2 Å². The Kier molecular flexibility index (Phi) is 3.49. The molecule has 2 atom stereocenters. The zero-order valence-corrected chi connectivity index (χ0v) is 10.2. The summed E-state index contributed by atoms with van der Waals surface area (Å²) in [5, 5.41) is 11.0. The summed E-state index contributed by atoms with van der Waals surface area (Å²) in [6, 6.07) is 4.10. The zero-order valence-electron chi connectivity index (χ0n) is 10.2. The number of nitro groups is 1. The van der Waals surface area contributed by atoms with Gasteiger partial charge in [0.1, 0.15) is 0 Å². The molecule has 1 aliphatic heterocycles. The van der Waals surface area contributed by atoms with E-state index in [1.165, 1.54) is 18.2 Å². The Hall–Kier alpha value is -1.63. The number of alkyl halides is 3. The van der Waals surface area contributed by atoms with Crippen LogP contribution in [0.4, 0.5) is 13.2 Å². The number of rotatable bonds is 2. The minimum Gasteiger partial charge on any atom is -0.299 e. The van der Waals surface area contributed by atoms with E-state index in [0.717, 1.165) is 6.07 Å². The number of likely N-dealkylation sites (N-methyl/N-ethyl adjacent to an activating group) is 1. The number of benzene rings is 1. The Morgan fingerprint density at radius 1 is 1.32 bits per heavy atom. The summed E-state index contributed by atoms with van der Waals surface area (Å²) < 4.78 is 38.8. The molecule has 0 aromatic heterocycles. The van der Waals surface area contributed by atoms with Crippen LogP contribution in [-0.2, 0) is 6.18 Å². The smallest absolute Gasteiger partial charge is 0.299 e. The monoisotopic (exact) mass is 274 g/mol. The Labute approximate surface area is 108 Å². The van der Waals surface area contributed by atoms with Crippen molar-refractivity contribution >= 4 is 0 Å². The van der Waals surface area contributed by atoms with Crippen LogP contribution in [0.1, 0.15) is 17.0 Å². The van der Waals surface area contributed by atoms with E-state index in [0.29, 0.717) is 0 Å². The summed E-state index contributed by atoms with van der Waals surface area (Å²) in [6.45, 7) is 0.433. The number of hydrogen-bond donors (Lipinski definition) is 0. The van der Waals surface area contributed by atoms with Crippen molar-refractivity contribution in [1.82, 2.24) is 4.90 Å². The molecule has 0 spiro atoms. The van der Waals surface area contributed by atoms with Gasteiger partial charge in [0.2, 0.25) is 6.04 Å². The van der Waals surface area contributed by atoms with Gasteiger partial charge in [-0.25, -0.2) is 0 Å². The third kappa shape index (κ3) is 2.70. The summed E-state index contributed by atoms with van der Waals surface area (Å²) in [4.78, 5) is 12.2. The van der Waals surface area contributed by atoms with E-state index in [4.69, 9.17) is 0 Å². The molecule has 1 heterocycles. The van der Waals surface area contributed by atoms with Crippen LogP contribution in [0, 0.1) is 10.1 Å². The Bertz CT molecular complexity index is 490. The minimum atomic E-state index is -4.49. The molecule has 4 nitrogen and oxygen atoms in total. The van der Waals surface area contributed by atoms with E-state index in [1.807, 2.05) is 0 Å². The van der Waals surface area contributed by atoms with Crippen molar-refractivity contribution in [1.29, 1.82) is 0 Å². The molecule has 1 fully saturated rings. The number of nitrogens with zero attached hydrogens (tertiary/aromatic N) is 2. The Morgan fingerprint density at radius 3 is 2.53 bits per heavy atom. The van der Waals surface area contributed by atoms with Crippen LogP contribution in [0.15, 0.2) is 24.3 Å². The third-order valence-electron chi connectivity index (χ3n) is 3.41. The van der Waals surface area contributed by atoms with E-state index < -0.39 is 28.6 Å². The van der Waals surface area contributed by atoms with Crippen LogP contribution in [-0.4, -0.2) is 36.0 Å². The number of halogens is 3. The van der Waals surface area contributed by atoms with Crippen molar-refractivity contribution < 1.29 is 18.1 Å². The van der Waals surface area contributed by atoms with Crippen molar-refractivity contribution in [2.45, 2.75) is 18.1 Å². The van der Waals surface area contributed by atoms with Gasteiger partial charge < -0.3 is 0 Å². The van der Waals surface area contributed by atoms with Crippen molar-refractivity contribution in [3.63, 3.8) is 0 Å². The van der Waals surface area contributed by atoms with Crippen LogP contribution >= 0.6 is 0 Å². The van der Waals surface area contributed by atoms with E-state index in [1.54, 1.807) is 11.9 Å². The third-order valence-corrected chi connectivity index (χ3v) is 3.41. The summed E-state index contributed by atoms with van der Waals surface area (Å²) in [5.41, 5.74) is -0.761. The topological polar surface area (TPSA) is 46.4 Å². The Balaban J connectivity index is 2.44. The molecule has 7 heteroatoms. The van der Waals surface area contributed by atoms with Crippen LogP contribution < -0.4 is 0 Å². The lowest BCUT2D eigenvalue weighted by Gasteiger charge is -2.18. The molecule has 0 amide bonds. The van der Waals surface area contributed by atoms with Gasteiger partial charge in [0.05, 0.1) is 18.0 Å². The molecule has 1 aromatic carbocycles. The lowest BCUT2D eigenvalue weighted by molar-refractivity contribution is -0.521. The molecule has 2 rings (SSSR count). The average molecular weight is 274 g/mol. The van der Waals surface area contributed by atoms with Crippen LogP contribution in [0.3, 0.4) is 0 Å². The average Bonchev–Trinajstić information content (AvgIpc) is 2.70. The first-order valence-electron chi connectivity index (χ1n) is 5.79. The molecule has 0 saturated carbocycles. The number of likely N-dealkylation sites (tertiary alicyclic amines) is 1. The fourth-order valence-electron chi connectivity index (χ4n) is 2.58. The quantitative estimate of drug-likeness (QED) is 0.614. The molecule has 104 valence electrons. The summed E-state index contributed by atoms with van der Waals surface area (Å²) in [6.07, 6.45) is -4.49. The van der Waals surface area contributed by atoms with Crippen molar-refractivity contribution in [2.75, 3.05) is 20.1 Å². The molecular formula is C12H13F3N2O2. The molecule has 1 saturated heterocycles.